The molecule has 0 saturated heterocycles. The Morgan fingerprint density at radius 3 is 2.81 bits per heavy atom. The summed E-state index contributed by atoms with van der Waals surface area (Å²) < 4.78 is 0. The van der Waals surface area contributed by atoms with Crippen molar-refractivity contribution < 1.29 is 0 Å². The van der Waals surface area contributed by atoms with Crippen molar-refractivity contribution in [2.45, 2.75) is 52.5 Å². The summed E-state index contributed by atoms with van der Waals surface area (Å²) in [5.74, 6) is 2.47. The van der Waals surface area contributed by atoms with Crippen molar-refractivity contribution in [1.82, 2.24) is 9.97 Å². The lowest BCUT2D eigenvalue weighted by molar-refractivity contribution is 0.555. The SMILES string of the molecule is CCNc1nc(NC2CCCC2C)c2cc(CC)sc2n1. The predicted molar refractivity (Wildman–Crippen MR) is 91.4 cm³/mol. The Hall–Kier alpha value is -1.36. The van der Waals surface area contributed by atoms with Gasteiger partial charge in [0.1, 0.15) is 10.6 Å². The predicted octanol–water partition coefficient (Wildman–Crippen LogP) is 4.29. The van der Waals surface area contributed by atoms with E-state index >= 15 is 0 Å². The highest BCUT2D eigenvalue weighted by molar-refractivity contribution is 7.18. The molecule has 0 aromatic carbocycles. The number of anilines is 2. The molecule has 2 unspecified atom stereocenters. The largest absolute Gasteiger partial charge is 0.366 e. The van der Waals surface area contributed by atoms with Crippen molar-refractivity contribution in [2.24, 2.45) is 5.92 Å². The second kappa shape index (κ2) is 6.18. The number of fused-ring (bicyclic) bond motifs is 1. The minimum atomic E-state index is 0.544. The molecule has 1 aliphatic rings. The maximum atomic E-state index is 4.71. The van der Waals surface area contributed by atoms with Crippen LogP contribution in [0.1, 0.15) is 44.9 Å². The minimum absolute atomic E-state index is 0.544. The van der Waals surface area contributed by atoms with Gasteiger partial charge in [-0.25, -0.2) is 4.98 Å². The van der Waals surface area contributed by atoms with Crippen molar-refractivity contribution in [3.8, 4) is 0 Å². The second-order valence-corrected chi connectivity index (χ2v) is 6.99. The average Bonchev–Trinajstić information content (AvgIpc) is 3.06. The van der Waals surface area contributed by atoms with Gasteiger partial charge < -0.3 is 10.6 Å². The molecule has 0 radical (unpaired) electrons. The van der Waals surface area contributed by atoms with Gasteiger partial charge in [0, 0.05) is 17.5 Å². The van der Waals surface area contributed by atoms with E-state index in [1.165, 1.54) is 29.5 Å². The highest BCUT2D eigenvalue weighted by atomic mass is 32.1. The van der Waals surface area contributed by atoms with Gasteiger partial charge in [-0.3, -0.25) is 0 Å². The Labute approximate surface area is 130 Å². The van der Waals surface area contributed by atoms with Crippen molar-refractivity contribution in [3.63, 3.8) is 0 Å². The molecule has 1 saturated carbocycles. The molecule has 2 aromatic heterocycles. The molecule has 2 aromatic rings. The molecule has 0 bridgehead atoms. The van der Waals surface area contributed by atoms with Crippen LogP contribution in [0, 0.1) is 5.92 Å². The third-order valence-corrected chi connectivity index (χ3v) is 5.48. The number of aromatic nitrogens is 2. The quantitative estimate of drug-likeness (QED) is 0.865. The normalized spacial score (nSPS) is 21.9. The lowest BCUT2D eigenvalue weighted by Gasteiger charge is -2.19. The molecule has 0 spiro atoms. The van der Waals surface area contributed by atoms with Crippen LogP contribution >= 0.6 is 11.3 Å². The highest BCUT2D eigenvalue weighted by Gasteiger charge is 2.24. The Bertz CT molecular complexity index is 622. The summed E-state index contributed by atoms with van der Waals surface area (Å²) in [6, 6.07) is 2.79. The molecular weight excluding hydrogens is 280 g/mol. The lowest BCUT2D eigenvalue weighted by Crippen LogP contribution is -2.23. The van der Waals surface area contributed by atoms with Gasteiger partial charge in [0.2, 0.25) is 5.95 Å². The van der Waals surface area contributed by atoms with E-state index in [0.717, 1.165) is 35.5 Å². The zero-order valence-corrected chi connectivity index (χ0v) is 13.9. The van der Waals surface area contributed by atoms with E-state index in [0.29, 0.717) is 6.04 Å². The third kappa shape index (κ3) is 2.98. The molecule has 1 aliphatic carbocycles. The number of rotatable bonds is 5. The third-order valence-electron chi connectivity index (χ3n) is 4.31. The fourth-order valence-electron chi connectivity index (χ4n) is 3.03. The second-order valence-electron chi connectivity index (χ2n) is 5.87. The molecule has 2 atom stereocenters. The van der Waals surface area contributed by atoms with Gasteiger partial charge in [-0.1, -0.05) is 20.3 Å². The molecule has 0 amide bonds. The van der Waals surface area contributed by atoms with Crippen LogP contribution in [-0.4, -0.2) is 22.6 Å². The zero-order chi connectivity index (χ0) is 14.8. The van der Waals surface area contributed by atoms with Crippen LogP contribution in [0.15, 0.2) is 6.07 Å². The highest BCUT2D eigenvalue weighted by Crippen LogP contribution is 2.33. The fourth-order valence-corrected chi connectivity index (χ4v) is 4.00. The Morgan fingerprint density at radius 2 is 2.14 bits per heavy atom. The lowest BCUT2D eigenvalue weighted by atomic mass is 10.1. The van der Waals surface area contributed by atoms with Crippen molar-refractivity contribution in [3.05, 3.63) is 10.9 Å². The molecule has 5 heteroatoms. The number of hydrogen-bond donors (Lipinski definition) is 2. The summed E-state index contributed by atoms with van der Waals surface area (Å²) in [7, 11) is 0. The first-order chi connectivity index (χ1) is 10.2. The average molecular weight is 304 g/mol. The molecule has 1 fully saturated rings. The van der Waals surface area contributed by atoms with Crippen LogP contribution in [0.4, 0.5) is 11.8 Å². The van der Waals surface area contributed by atoms with Crippen molar-refractivity contribution in [2.75, 3.05) is 17.2 Å². The van der Waals surface area contributed by atoms with E-state index in [4.69, 9.17) is 4.98 Å². The number of nitrogens with one attached hydrogen (secondary N) is 2. The summed E-state index contributed by atoms with van der Waals surface area (Å²) in [5.41, 5.74) is 0. The number of hydrogen-bond acceptors (Lipinski definition) is 5. The number of aryl methyl sites for hydroxylation is 1. The summed E-state index contributed by atoms with van der Waals surface area (Å²) in [6.07, 6.45) is 4.93. The molecule has 21 heavy (non-hydrogen) atoms. The molecular formula is C16H24N4S. The van der Waals surface area contributed by atoms with Crippen LogP contribution in [0.25, 0.3) is 10.2 Å². The Morgan fingerprint density at radius 1 is 1.29 bits per heavy atom. The maximum Gasteiger partial charge on any atom is 0.226 e. The molecule has 114 valence electrons. The molecule has 0 aliphatic heterocycles. The van der Waals surface area contributed by atoms with E-state index < -0.39 is 0 Å². The zero-order valence-electron chi connectivity index (χ0n) is 13.1. The van der Waals surface area contributed by atoms with E-state index in [1.54, 1.807) is 11.3 Å². The number of nitrogens with zero attached hydrogens (tertiary/aromatic N) is 2. The van der Waals surface area contributed by atoms with Gasteiger partial charge in [0.25, 0.3) is 0 Å². The van der Waals surface area contributed by atoms with Crippen molar-refractivity contribution >= 4 is 33.3 Å². The monoisotopic (exact) mass is 304 g/mol. The van der Waals surface area contributed by atoms with E-state index in [9.17, 15) is 0 Å². The van der Waals surface area contributed by atoms with E-state index in [2.05, 4.69) is 42.5 Å². The van der Waals surface area contributed by atoms with Crippen LogP contribution in [0.5, 0.6) is 0 Å². The van der Waals surface area contributed by atoms with Gasteiger partial charge in [-0.2, -0.15) is 4.98 Å². The summed E-state index contributed by atoms with van der Waals surface area (Å²) in [6.45, 7) is 7.44. The standard InChI is InChI=1S/C16H24N4S/c1-4-11-9-12-14(18-13-8-6-7-10(13)3)19-16(17-5-2)20-15(12)21-11/h9-10,13H,4-8H2,1-3H3,(H2,17,18,19,20). The summed E-state index contributed by atoms with van der Waals surface area (Å²) >= 11 is 1.78. The smallest absolute Gasteiger partial charge is 0.226 e. The Kier molecular flexibility index (Phi) is 4.29. The first-order valence-electron chi connectivity index (χ1n) is 8.02. The van der Waals surface area contributed by atoms with Crippen LogP contribution in [-0.2, 0) is 6.42 Å². The van der Waals surface area contributed by atoms with Crippen LogP contribution in [0.3, 0.4) is 0 Å². The van der Waals surface area contributed by atoms with Gasteiger partial charge in [0.05, 0.1) is 5.39 Å². The van der Waals surface area contributed by atoms with E-state index in [1.807, 2.05) is 0 Å². The minimum Gasteiger partial charge on any atom is -0.366 e. The summed E-state index contributed by atoms with van der Waals surface area (Å²) in [4.78, 5) is 11.8. The first-order valence-corrected chi connectivity index (χ1v) is 8.83. The van der Waals surface area contributed by atoms with Crippen LogP contribution < -0.4 is 10.6 Å². The molecule has 3 rings (SSSR count). The molecule has 2 N–H and O–H groups in total. The summed E-state index contributed by atoms with van der Waals surface area (Å²) in [5, 5.41) is 8.11. The van der Waals surface area contributed by atoms with Crippen molar-refractivity contribution in [1.29, 1.82) is 0 Å². The molecule has 4 nitrogen and oxygen atoms in total. The van der Waals surface area contributed by atoms with Gasteiger partial charge in [-0.05, 0) is 38.2 Å². The topological polar surface area (TPSA) is 49.8 Å². The van der Waals surface area contributed by atoms with Gasteiger partial charge >= 0.3 is 0 Å². The van der Waals surface area contributed by atoms with Crippen LogP contribution in [0.2, 0.25) is 0 Å². The van der Waals surface area contributed by atoms with Gasteiger partial charge in [-0.15, -0.1) is 11.3 Å². The maximum absolute atomic E-state index is 4.71. The first kappa shape index (κ1) is 14.6. The van der Waals surface area contributed by atoms with E-state index in [-0.39, 0.29) is 0 Å². The van der Waals surface area contributed by atoms with Gasteiger partial charge in [0.15, 0.2) is 0 Å². The fraction of sp³-hybridized carbons (Fsp3) is 0.625. The number of thiophene rings is 1. The Balaban J connectivity index is 1.98. The molecule has 2 heterocycles.